The van der Waals surface area contributed by atoms with E-state index in [9.17, 15) is 9.59 Å². The molecule has 0 aliphatic heterocycles. The van der Waals surface area contributed by atoms with E-state index in [1.807, 2.05) is 18.4 Å². The Bertz CT molecular complexity index is 432. The number of aromatic carboxylic acids is 1. The van der Waals surface area contributed by atoms with Crippen LogP contribution in [0.25, 0.3) is 0 Å². The summed E-state index contributed by atoms with van der Waals surface area (Å²) in [7, 11) is 0. The summed E-state index contributed by atoms with van der Waals surface area (Å²) in [4.78, 5) is 22.1. The average Bonchev–Trinajstić information content (AvgIpc) is 2.48. The summed E-state index contributed by atoms with van der Waals surface area (Å²) < 4.78 is 1.92. The first-order valence-electron chi connectivity index (χ1n) is 5.35. The van der Waals surface area contributed by atoms with Crippen molar-refractivity contribution >= 4 is 12.3 Å². The van der Waals surface area contributed by atoms with E-state index in [2.05, 4.69) is 0 Å². The van der Waals surface area contributed by atoms with Gasteiger partial charge in [-0.15, -0.1) is 0 Å². The monoisotopic (exact) mass is 223 g/mol. The van der Waals surface area contributed by atoms with Crippen LogP contribution in [0, 0.1) is 13.8 Å². The van der Waals surface area contributed by atoms with Crippen molar-refractivity contribution in [2.75, 3.05) is 0 Å². The first kappa shape index (κ1) is 12.5. The summed E-state index contributed by atoms with van der Waals surface area (Å²) in [5.74, 6) is -1.04. The van der Waals surface area contributed by atoms with Crippen LogP contribution in [0.2, 0.25) is 0 Å². The average molecular weight is 223 g/mol. The number of carbonyl (C=O) groups is 2. The quantitative estimate of drug-likeness (QED) is 0.798. The van der Waals surface area contributed by atoms with Gasteiger partial charge in [-0.2, -0.15) is 0 Å². The highest BCUT2D eigenvalue weighted by atomic mass is 16.4. The summed E-state index contributed by atoms with van der Waals surface area (Å²) in [6, 6.07) is 0.201. The lowest BCUT2D eigenvalue weighted by Gasteiger charge is -2.16. The largest absolute Gasteiger partial charge is 0.478 e. The normalized spacial score (nSPS) is 12.5. The molecule has 0 bridgehead atoms. The van der Waals surface area contributed by atoms with Gasteiger partial charge in [0, 0.05) is 23.0 Å². The van der Waals surface area contributed by atoms with Crippen molar-refractivity contribution in [2.45, 2.75) is 40.2 Å². The summed E-state index contributed by atoms with van der Waals surface area (Å²) in [6.07, 6.45) is 1.53. The van der Waals surface area contributed by atoms with Crippen LogP contribution in [0.3, 0.4) is 0 Å². The number of nitrogens with zero attached hydrogens (tertiary/aromatic N) is 1. The zero-order valence-corrected chi connectivity index (χ0v) is 10.1. The minimum atomic E-state index is -1.04. The lowest BCUT2D eigenvalue weighted by Crippen LogP contribution is -2.08. The molecule has 1 aromatic rings. The predicted molar refractivity (Wildman–Crippen MR) is 61.3 cm³/mol. The molecule has 1 heterocycles. The molecule has 0 aliphatic carbocycles. The minimum Gasteiger partial charge on any atom is -0.478 e. The molecule has 0 aromatic carbocycles. The molecule has 16 heavy (non-hydrogen) atoms. The summed E-state index contributed by atoms with van der Waals surface area (Å²) in [5.41, 5.74) is 1.82. The van der Waals surface area contributed by atoms with Gasteiger partial charge in [0.2, 0.25) is 0 Å². The lowest BCUT2D eigenvalue weighted by molar-refractivity contribution is 0.0693. The number of rotatable bonds is 4. The van der Waals surface area contributed by atoms with Gasteiger partial charge in [0.05, 0.1) is 5.56 Å². The van der Waals surface area contributed by atoms with Gasteiger partial charge in [-0.3, -0.25) is 4.79 Å². The summed E-state index contributed by atoms with van der Waals surface area (Å²) >= 11 is 0. The molecule has 88 valence electrons. The van der Waals surface area contributed by atoms with Crippen molar-refractivity contribution in [1.82, 2.24) is 4.57 Å². The van der Waals surface area contributed by atoms with Gasteiger partial charge in [-0.05, 0) is 27.2 Å². The molecule has 4 heteroatoms. The maximum absolute atomic E-state index is 11.1. The first-order valence-corrected chi connectivity index (χ1v) is 5.35. The Labute approximate surface area is 94.9 Å². The highest BCUT2D eigenvalue weighted by Gasteiger charge is 2.23. The van der Waals surface area contributed by atoms with E-state index in [0.29, 0.717) is 17.5 Å². The van der Waals surface area contributed by atoms with Crippen LogP contribution in [-0.4, -0.2) is 21.9 Å². The van der Waals surface area contributed by atoms with E-state index in [-0.39, 0.29) is 11.6 Å². The Balaban J connectivity index is 3.53. The lowest BCUT2D eigenvalue weighted by atomic mass is 10.1. The number of hydrogen-bond donors (Lipinski definition) is 1. The van der Waals surface area contributed by atoms with Crippen molar-refractivity contribution in [1.29, 1.82) is 0 Å². The van der Waals surface area contributed by atoms with E-state index in [4.69, 9.17) is 5.11 Å². The molecule has 0 aliphatic rings. The third kappa shape index (κ3) is 1.75. The molecular formula is C12H17NO3. The van der Waals surface area contributed by atoms with Crippen molar-refractivity contribution in [3.05, 3.63) is 22.5 Å². The number of carboxylic acids is 1. The number of aromatic nitrogens is 1. The second-order valence-electron chi connectivity index (χ2n) is 4.01. The Kier molecular flexibility index (Phi) is 3.52. The molecule has 0 radical (unpaired) electrons. The second-order valence-corrected chi connectivity index (χ2v) is 4.01. The van der Waals surface area contributed by atoms with E-state index >= 15 is 0 Å². The third-order valence-electron chi connectivity index (χ3n) is 3.11. The van der Waals surface area contributed by atoms with Gasteiger partial charge in [-0.1, -0.05) is 6.92 Å². The topological polar surface area (TPSA) is 59.3 Å². The number of hydrogen-bond acceptors (Lipinski definition) is 2. The minimum absolute atomic E-state index is 0.132. The molecule has 0 fully saturated rings. The molecule has 1 aromatic heterocycles. The zero-order chi connectivity index (χ0) is 12.5. The van der Waals surface area contributed by atoms with Gasteiger partial charge in [0.1, 0.15) is 0 Å². The van der Waals surface area contributed by atoms with Crippen LogP contribution in [0.15, 0.2) is 0 Å². The molecule has 0 spiro atoms. The van der Waals surface area contributed by atoms with Gasteiger partial charge in [-0.25, -0.2) is 4.79 Å². The van der Waals surface area contributed by atoms with E-state index in [1.54, 1.807) is 13.8 Å². The smallest absolute Gasteiger partial charge is 0.338 e. The SMILES string of the molecule is CC[C@@H](C)n1c(C)c(C=O)c(C(=O)O)c1C. The highest BCUT2D eigenvalue weighted by Crippen LogP contribution is 2.26. The Morgan fingerprint density at radius 2 is 2.00 bits per heavy atom. The van der Waals surface area contributed by atoms with Gasteiger partial charge in [0.25, 0.3) is 0 Å². The fourth-order valence-electron chi connectivity index (χ4n) is 2.14. The number of carbonyl (C=O) groups excluding carboxylic acids is 1. The molecular weight excluding hydrogens is 206 g/mol. The molecule has 1 rings (SSSR count). The second kappa shape index (κ2) is 4.51. The third-order valence-corrected chi connectivity index (χ3v) is 3.11. The van der Waals surface area contributed by atoms with E-state index in [1.165, 1.54) is 0 Å². The van der Waals surface area contributed by atoms with Crippen LogP contribution >= 0.6 is 0 Å². The number of aldehydes is 1. The van der Waals surface area contributed by atoms with E-state index < -0.39 is 5.97 Å². The molecule has 0 unspecified atom stereocenters. The van der Waals surface area contributed by atoms with Gasteiger partial charge in [0.15, 0.2) is 6.29 Å². The van der Waals surface area contributed by atoms with Crippen LogP contribution in [-0.2, 0) is 0 Å². The summed E-state index contributed by atoms with van der Waals surface area (Å²) in [6.45, 7) is 7.58. The first-order chi connectivity index (χ1) is 7.45. The standard InChI is InChI=1S/C12H17NO3/c1-5-7(2)13-8(3)10(6-14)11(9(13)4)12(15)16/h6-7H,5H2,1-4H3,(H,15,16)/t7-/m1/s1. The maximum atomic E-state index is 11.1. The van der Waals surface area contributed by atoms with Crippen LogP contribution in [0.1, 0.15) is 58.4 Å². The fourth-order valence-corrected chi connectivity index (χ4v) is 2.14. The van der Waals surface area contributed by atoms with Crippen molar-refractivity contribution in [2.24, 2.45) is 0 Å². The fraction of sp³-hybridized carbons (Fsp3) is 0.500. The van der Waals surface area contributed by atoms with Crippen molar-refractivity contribution in [3.63, 3.8) is 0 Å². The van der Waals surface area contributed by atoms with E-state index in [0.717, 1.165) is 12.1 Å². The molecule has 4 nitrogen and oxygen atoms in total. The van der Waals surface area contributed by atoms with Crippen molar-refractivity contribution in [3.8, 4) is 0 Å². The molecule has 0 saturated heterocycles. The Hall–Kier alpha value is -1.58. The van der Waals surface area contributed by atoms with Gasteiger partial charge < -0.3 is 9.67 Å². The molecule has 1 atom stereocenters. The molecule has 0 saturated carbocycles. The summed E-state index contributed by atoms with van der Waals surface area (Å²) in [5, 5.41) is 9.10. The molecule has 1 N–H and O–H groups in total. The predicted octanol–water partition coefficient (Wildman–Crippen LogP) is 2.59. The number of carboxylic acid groups (broad SMARTS) is 1. The maximum Gasteiger partial charge on any atom is 0.338 e. The highest BCUT2D eigenvalue weighted by molar-refractivity contribution is 5.99. The van der Waals surface area contributed by atoms with Gasteiger partial charge >= 0.3 is 5.97 Å². The van der Waals surface area contributed by atoms with Crippen LogP contribution in [0.4, 0.5) is 0 Å². The Morgan fingerprint density at radius 3 is 2.31 bits per heavy atom. The zero-order valence-electron chi connectivity index (χ0n) is 10.1. The van der Waals surface area contributed by atoms with Crippen molar-refractivity contribution < 1.29 is 14.7 Å². The van der Waals surface area contributed by atoms with Crippen LogP contribution < -0.4 is 0 Å². The molecule has 0 amide bonds. The Morgan fingerprint density at radius 1 is 1.44 bits per heavy atom. The van der Waals surface area contributed by atoms with Crippen LogP contribution in [0.5, 0.6) is 0 Å².